The minimum absolute atomic E-state index is 0.0240. The average molecular weight is 345 g/mol. The van der Waals surface area contributed by atoms with Crippen LogP contribution in [-0.2, 0) is 12.0 Å². The van der Waals surface area contributed by atoms with Gasteiger partial charge in [0.2, 0.25) is 5.89 Å². The van der Waals surface area contributed by atoms with Crippen LogP contribution in [0.1, 0.15) is 54.2 Å². The van der Waals surface area contributed by atoms with Gasteiger partial charge in [-0.05, 0) is 31.0 Å². The smallest absolute Gasteiger partial charge is 0.227 e. The monoisotopic (exact) mass is 345 g/mol. The molecule has 0 unspecified atom stereocenters. The number of hydrogen-bond donors (Lipinski definition) is 1. The van der Waals surface area contributed by atoms with E-state index in [1.807, 2.05) is 0 Å². The predicted molar refractivity (Wildman–Crippen MR) is 90.8 cm³/mol. The number of nitrogens with two attached hydrogens (primary N) is 1. The molecule has 0 amide bonds. The fourth-order valence-electron chi connectivity index (χ4n) is 3.16. The van der Waals surface area contributed by atoms with Crippen LogP contribution in [0, 0.1) is 0 Å². The number of carbonyl (C=O) groups excluding carboxylic acids is 1. The van der Waals surface area contributed by atoms with Crippen LogP contribution >= 0.6 is 0 Å². The average Bonchev–Trinajstić information content (AvgIpc) is 3.29. The Hall–Kier alpha value is -2.41. The van der Waals surface area contributed by atoms with Crippen LogP contribution in [0.4, 0.5) is 0 Å². The fourth-order valence-corrected chi connectivity index (χ4v) is 3.16. The fraction of sp³-hybridized carbons (Fsp3) is 0.500. The van der Waals surface area contributed by atoms with E-state index in [2.05, 4.69) is 10.1 Å². The quantitative estimate of drug-likeness (QED) is 0.770. The molecule has 1 aliphatic carbocycles. The molecular weight excluding hydrogens is 322 g/mol. The van der Waals surface area contributed by atoms with Crippen molar-refractivity contribution in [3.8, 4) is 11.5 Å². The number of ketones is 1. The molecule has 1 aromatic carbocycles. The van der Waals surface area contributed by atoms with E-state index in [4.69, 9.17) is 19.7 Å². The maximum Gasteiger partial charge on any atom is 0.227 e. The molecule has 0 saturated heterocycles. The number of ether oxygens (including phenoxy) is 2. The number of benzene rings is 1. The second-order valence-corrected chi connectivity index (χ2v) is 6.37. The van der Waals surface area contributed by atoms with Gasteiger partial charge in [-0.15, -0.1) is 0 Å². The number of Topliss-reactive ketones (excluding diaryl/α,β-unsaturated/α-hetero) is 1. The van der Waals surface area contributed by atoms with E-state index in [-0.39, 0.29) is 12.2 Å². The summed E-state index contributed by atoms with van der Waals surface area (Å²) in [6.07, 6.45) is 4.56. The Kier molecular flexibility index (Phi) is 5.03. The van der Waals surface area contributed by atoms with E-state index in [9.17, 15) is 4.79 Å². The van der Waals surface area contributed by atoms with E-state index in [0.717, 1.165) is 25.7 Å². The van der Waals surface area contributed by atoms with Gasteiger partial charge in [-0.2, -0.15) is 4.98 Å². The molecule has 1 saturated carbocycles. The lowest BCUT2D eigenvalue weighted by Gasteiger charge is -2.17. The summed E-state index contributed by atoms with van der Waals surface area (Å²) in [6, 6.07) is 5.11. The van der Waals surface area contributed by atoms with Crippen molar-refractivity contribution in [2.45, 2.75) is 44.1 Å². The van der Waals surface area contributed by atoms with Crippen molar-refractivity contribution in [1.82, 2.24) is 10.1 Å². The first-order valence-electron chi connectivity index (χ1n) is 8.43. The van der Waals surface area contributed by atoms with E-state index in [1.54, 1.807) is 25.3 Å². The van der Waals surface area contributed by atoms with Gasteiger partial charge < -0.3 is 19.7 Å². The van der Waals surface area contributed by atoms with E-state index in [1.165, 1.54) is 7.11 Å². The summed E-state index contributed by atoms with van der Waals surface area (Å²) < 4.78 is 15.7. The lowest BCUT2D eigenvalue weighted by Crippen LogP contribution is -2.34. The maximum atomic E-state index is 12.4. The van der Waals surface area contributed by atoms with Crippen molar-refractivity contribution >= 4 is 5.78 Å². The Labute approximate surface area is 146 Å². The molecule has 0 spiro atoms. The molecule has 0 atom stereocenters. The molecule has 7 nitrogen and oxygen atoms in total. The minimum atomic E-state index is -0.477. The summed E-state index contributed by atoms with van der Waals surface area (Å²) in [7, 11) is 3.10. The number of nitrogens with zero attached hydrogens (tertiary/aromatic N) is 2. The lowest BCUT2D eigenvalue weighted by atomic mass is 9.99. The summed E-state index contributed by atoms with van der Waals surface area (Å²) in [5.41, 5.74) is 6.40. The van der Waals surface area contributed by atoms with Crippen molar-refractivity contribution < 1.29 is 18.8 Å². The second-order valence-electron chi connectivity index (χ2n) is 6.37. The van der Waals surface area contributed by atoms with Gasteiger partial charge in [-0.25, -0.2) is 0 Å². The number of carbonyl (C=O) groups is 1. The van der Waals surface area contributed by atoms with Gasteiger partial charge in [0.1, 0.15) is 0 Å². The highest BCUT2D eigenvalue weighted by atomic mass is 16.5. The Morgan fingerprint density at radius 1 is 1.24 bits per heavy atom. The summed E-state index contributed by atoms with van der Waals surface area (Å²) in [5.74, 6) is 2.09. The van der Waals surface area contributed by atoms with Gasteiger partial charge in [0.05, 0.1) is 19.8 Å². The summed E-state index contributed by atoms with van der Waals surface area (Å²) >= 11 is 0. The highest BCUT2D eigenvalue weighted by Crippen LogP contribution is 2.34. The third kappa shape index (κ3) is 3.66. The molecule has 1 aliphatic rings. The number of aryl methyl sites for hydroxylation is 1. The molecule has 2 N–H and O–H groups in total. The third-order valence-electron chi connectivity index (χ3n) is 4.68. The Balaban J connectivity index is 1.64. The van der Waals surface area contributed by atoms with Crippen molar-refractivity contribution in [2.24, 2.45) is 5.73 Å². The van der Waals surface area contributed by atoms with Crippen LogP contribution < -0.4 is 15.2 Å². The molecule has 134 valence electrons. The van der Waals surface area contributed by atoms with Crippen LogP contribution in [0.2, 0.25) is 0 Å². The van der Waals surface area contributed by atoms with Crippen LogP contribution in [0.15, 0.2) is 22.7 Å². The molecular formula is C18H23N3O4. The standard InChI is InChI=1S/C18H23N3O4/c1-23-14-7-5-12(11-15(14)24-2)13(22)6-8-16-20-17(21-25-16)18(19)9-3-4-10-18/h5,7,11H,3-4,6,8-10,19H2,1-2H3. The molecule has 3 rings (SSSR count). The number of hydrogen-bond acceptors (Lipinski definition) is 7. The van der Waals surface area contributed by atoms with Gasteiger partial charge in [-0.3, -0.25) is 4.79 Å². The van der Waals surface area contributed by atoms with Gasteiger partial charge in [-0.1, -0.05) is 18.0 Å². The van der Waals surface area contributed by atoms with Gasteiger partial charge in [0, 0.05) is 18.4 Å². The number of methoxy groups -OCH3 is 2. The van der Waals surface area contributed by atoms with E-state index >= 15 is 0 Å². The number of aromatic nitrogens is 2. The van der Waals surface area contributed by atoms with Crippen molar-refractivity contribution in [1.29, 1.82) is 0 Å². The first kappa shape index (κ1) is 17.4. The number of rotatable bonds is 7. The molecule has 25 heavy (non-hydrogen) atoms. The molecule has 7 heteroatoms. The topological polar surface area (TPSA) is 100 Å². The zero-order valence-corrected chi connectivity index (χ0v) is 14.6. The Morgan fingerprint density at radius 3 is 2.64 bits per heavy atom. The highest BCUT2D eigenvalue weighted by Gasteiger charge is 2.35. The lowest BCUT2D eigenvalue weighted by molar-refractivity contribution is 0.0979. The highest BCUT2D eigenvalue weighted by molar-refractivity contribution is 5.96. The minimum Gasteiger partial charge on any atom is -0.493 e. The molecule has 0 radical (unpaired) electrons. The first-order valence-corrected chi connectivity index (χ1v) is 8.43. The molecule has 2 aromatic rings. The van der Waals surface area contributed by atoms with Gasteiger partial charge in [0.25, 0.3) is 0 Å². The third-order valence-corrected chi connectivity index (χ3v) is 4.68. The van der Waals surface area contributed by atoms with Crippen molar-refractivity contribution in [3.63, 3.8) is 0 Å². The zero-order chi connectivity index (χ0) is 17.9. The summed E-state index contributed by atoms with van der Waals surface area (Å²) in [5, 5.41) is 4.01. The van der Waals surface area contributed by atoms with Crippen LogP contribution in [0.25, 0.3) is 0 Å². The Morgan fingerprint density at radius 2 is 1.96 bits per heavy atom. The molecule has 1 fully saturated rings. The maximum absolute atomic E-state index is 12.4. The largest absolute Gasteiger partial charge is 0.493 e. The van der Waals surface area contributed by atoms with Crippen LogP contribution in [0.3, 0.4) is 0 Å². The summed E-state index contributed by atoms with van der Waals surface area (Å²) in [6.45, 7) is 0. The zero-order valence-electron chi connectivity index (χ0n) is 14.6. The molecule has 0 bridgehead atoms. The van der Waals surface area contributed by atoms with Crippen LogP contribution in [0.5, 0.6) is 11.5 Å². The molecule has 1 aromatic heterocycles. The van der Waals surface area contributed by atoms with Gasteiger partial charge >= 0.3 is 0 Å². The van der Waals surface area contributed by atoms with E-state index in [0.29, 0.717) is 35.2 Å². The van der Waals surface area contributed by atoms with E-state index < -0.39 is 5.54 Å². The molecule has 0 aliphatic heterocycles. The SMILES string of the molecule is COc1ccc(C(=O)CCc2nc(C3(N)CCCC3)no2)cc1OC. The van der Waals surface area contributed by atoms with Gasteiger partial charge in [0.15, 0.2) is 23.1 Å². The normalized spacial score (nSPS) is 16.0. The molecule has 1 heterocycles. The van der Waals surface area contributed by atoms with Crippen LogP contribution in [-0.4, -0.2) is 30.1 Å². The first-order chi connectivity index (χ1) is 12.1. The predicted octanol–water partition coefficient (Wildman–Crippen LogP) is 2.63. The Bertz CT molecular complexity index is 751. The second kappa shape index (κ2) is 7.23. The summed E-state index contributed by atoms with van der Waals surface area (Å²) in [4.78, 5) is 16.8. The van der Waals surface area contributed by atoms with Crippen molar-refractivity contribution in [3.05, 3.63) is 35.5 Å². The van der Waals surface area contributed by atoms with Crippen molar-refractivity contribution in [2.75, 3.05) is 14.2 Å².